The van der Waals surface area contributed by atoms with Gasteiger partial charge in [0.15, 0.2) is 0 Å². The van der Waals surface area contributed by atoms with E-state index in [0.29, 0.717) is 17.1 Å². The predicted molar refractivity (Wildman–Crippen MR) is 134 cm³/mol. The van der Waals surface area contributed by atoms with Crippen molar-refractivity contribution in [1.29, 1.82) is 0 Å². The Morgan fingerprint density at radius 1 is 1.21 bits per heavy atom. The first kappa shape index (κ1) is 24.9. The second-order valence-electron chi connectivity index (χ2n) is 9.29. The van der Waals surface area contributed by atoms with Crippen LogP contribution in [0.3, 0.4) is 0 Å². The van der Waals surface area contributed by atoms with E-state index in [4.69, 9.17) is 17.3 Å². The Morgan fingerprint density at radius 3 is 2.50 bits per heavy atom. The molecule has 1 aromatic heterocycles. The Morgan fingerprint density at radius 2 is 1.91 bits per heavy atom. The van der Waals surface area contributed by atoms with Crippen molar-refractivity contribution in [3.05, 3.63) is 52.4 Å². The van der Waals surface area contributed by atoms with Crippen LogP contribution in [0, 0.1) is 6.92 Å². The van der Waals surface area contributed by atoms with Gasteiger partial charge < -0.3 is 15.7 Å². The van der Waals surface area contributed by atoms with Crippen LogP contribution in [0.2, 0.25) is 5.02 Å². The van der Waals surface area contributed by atoms with Crippen LogP contribution >= 0.6 is 11.6 Å². The average Bonchev–Trinajstić information content (AvgIpc) is 2.85. The number of amides is 1. The van der Waals surface area contributed by atoms with Gasteiger partial charge in [-0.3, -0.25) is 14.6 Å². The lowest BCUT2D eigenvalue weighted by Gasteiger charge is -2.48. The molecule has 3 heterocycles. The van der Waals surface area contributed by atoms with Crippen molar-refractivity contribution in [1.82, 2.24) is 19.8 Å². The SMILES string of the molecule is CC[C@H]1CN(c2ncc(C(N)=O)nc2C)CCN1C1CCN([C@@H](CO)c2ccc(Cl)cc2)CC1. The molecule has 3 N–H and O–H groups in total. The lowest BCUT2D eigenvalue weighted by molar-refractivity contribution is 0.0356. The maximum atomic E-state index is 11.4. The molecule has 2 aliphatic heterocycles. The largest absolute Gasteiger partial charge is 0.394 e. The third kappa shape index (κ3) is 5.35. The standard InChI is InChI=1S/C25H35ClN6O2/c1-3-20-15-31(25-17(2)29-22(14-28-25)24(27)34)12-13-32(20)21-8-10-30(11-9-21)23(16-33)18-4-6-19(26)7-5-18/h4-7,14,20-21,23,33H,3,8-13,15-16H2,1-2H3,(H2,27,34)/t20-,23-/m0/s1. The van der Waals surface area contributed by atoms with Gasteiger partial charge in [-0.2, -0.15) is 0 Å². The molecule has 0 aliphatic carbocycles. The summed E-state index contributed by atoms with van der Waals surface area (Å²) < 4.78 is 0. The molecule has 0 spiro atoms. The van der Waals surface area contributed by atoms with Crippen molar-refractivity contribution in [2.75, 3.05) is 44.2 Å². The van der Waals surface area contributed by atoms with Crippen LogP contribution in [0.5, 0.6) is 0 Å². The number of piperidine rings is 1. The van der Waals surface area contributed by atoms with Crippen LogP contribution in [0.1, 0.15) is 54.0 Å². The zero-order chi connectivity index (χ0) is 24.2. The molecule has 184 valence electrons. The van der Waals surface area contributed by atoms with Crippen LogP contribution in [0.25, 0.3) is 0 Å². The summed E-state index contributed by atoms with van der Waals surface area (Å²) >= 11 is 6.04. The minimum Gasteiger partial charge on any atom is -0.394 e. The number of carbonyl (C=O) groups excluding carboxylic acids is 1. The number of hydrogen-bond donors (Lipinski definition) is 2. The smallest absolute Gasteiger partial charge is 0.268 e. The summed E-state index contributed by atoms with van der Waals surface area (Å²) in [5.41, 5.74) is 7.41. The number of nitrogens with two attached hydrogens (primary N) is 1. The molecule has 2 aliphatic rings. The predicted octanol–water partition coefficient (Wildman–Crippen LogP) is 2.64. The van der Waals surface area contributed by atoms with Gasteiger partial charge in [-0.05, 0) is 43.9 Å². The number of aliphatic hydroxyl groups is 1. The summed E-state index contributed by atoms with van der Waals surface area (Å²) in [6.07, 6.45) is 4.72. The zero-order valence-electron chi connectivity index (χ0n) is 20.0. The van der Waals surface area contributed by atoms with Gasteiger partial charge in [0.1, 0.15) is 11.5 Å². The number of carbonyl (C=O) groups is 1. The van der Waals surface area contributed by atoms with E-state index in [1.165, 1.54) is 6.20 Å². The Bertz CT molecular complexity index is 980. The van der Waals surface area contributed by atoms with E-state index in [1.807, 2.05) is 31.2 Å². The Labute approximate surface area is 206 Å². The molecule has 1 amide bonds. The van der Waals surface area contributed by atoms with Crippen molar-refractivity contribution >= 4 is 23.3 Å². The van der Waals surface area contributed by atoms with Gasteiger partial charge in [0, 0.05) is 49.8 Å². The minimum atomic E-state index is -0.552. The summed E-state index contributed by atoms with van der Waals surface area (Å²) in [5, 5.41) is 10.8. The summed E-state index contributed by atoms with van der Waals surface area (Å²) in [5.74, 6) is 0.288. The van der Waals surface area contributed by atoms with E-state index in [9.17, 15) is 9.90 Å². The van der Waals surface area contributed by atoms with Crippen LogP contribution in [-0.2, 0) is 0 Å². The van der Waals surface area contributed by atoms with E-state index in [-0.39, 0.29) is 18.3 Å². The zero-order valence-corrected chi connectivity index (χ0v) is 20.8. The van der Waals surface area contributed by atoms with Crippen molar-refractivity contribution in [3.8, 4) is 0 Å². The number of nitrogens with zero attached hydrogens (tertiary/aromatic N) is 5. The summed E-state index contributed by atoms with van der Waals surface area (Å²) in [6, 6.07) is 8.81. The number of piperazine rings is 1. The van der Waals surface area contributed by atoms with E-state index in [2.05, 4.69) is 31.6 Å². The van der Waals surface area contributed by atoms with E-state index < -0.39 is 5.91 Å². The number of hydrogen-bond acceptors (Lipinski definition) is 7. The molecule has 0 radical (unpaired) electrons. The van der Waals surface area contributed by atoms with Gasteiger partial charge in [0.05, 0.1) is 24.5 Å². The number of primary amides is 1. The van der Waals surface area contributed by atoms with Crippen LogP contribution in [0.15, 0.2) is 30.5 Å². The second-order valence-corrected chi connectivity index (χ2v) is 9.73. The fraction of sp³-hybridized carbons (Fsp3) is 0.560. The lowest BCUT2D eigenvalue weighted by Crippen LogP contribution is -2.58. The third-order valence-corrected chi connectivity index (χ3v) is 7.56. The highest BCUT2D eigenvalue weighted by atomic mass is 35.5. The second kappa shape index (κ2) is 11.0. The molecule has 1 aromatic carbocycles. The van der Waals surface area contributed by atoms with E-state index in [0.717, 1.165) is 69.1 Å². The van der Waals surface area contributed by atoms with Gasteiger partial charge in [-0.1, -0.05) is 30.7 Å². The number of benzene rings is 1. The molecule has 2 fully saturated rings. The number of likely N-dealkylation sites (tertiary alicyclic amines) is 1. The molecule has 0 saturated carbocycles. The molecule has 34 heavy (non-hydrogen) atoms. The maximum absolute atomic E-state index is 11.4. The van der Waals surface area contributed by atoms with Gasteiger partial charge in [-0.15, -0.1) is 0 Å². The van der Waals surface area contributed by atoms with Gasteiger partial charge in [0.25, 0.3) is 5.91 Å². The highest BCUT2D eigenvalue weighted by molar-refractivity contribution is 6.30. The van der Waals surface area contributed by atoms with Crippen molar-refractivity contribution in [3.63, 3.8) is 0 Å². The number of anilines is 1. The molecule has 4 rings (SSSR count). The molecular formula is C25H35ClN6O2. The molecule has 8 nitrogen and oxygen atoms in total. The van der Waals surface area contributed by atoms with E-state index in [1.54, 1.807) is 0 Å². The van der Waals surface area contributed by atoms with Crippen molar-refractivity contribution < 1.29 is 9.90 Å². The molecule has 2 saturated heterocycles. The Balaban J connectivity index is 1.37. The fourth-order valence-corrected chi connectivity index (χ4v) is 5.58. The first-order valence-corrected chi connectivity index (χ1v) is 12.5. The van der Waals surface area contributed by atoms with Crippen LogP contribution in [0.4, 0.5) is 5.82 Å². The average molecular weight is 487 g/mol. The normalized spacial score (nSPS) is 21.5. The van der Waals surface area contributed by atoms with Crippen molar-refractivity contribution in [2.45, 2.75) is 51.2 Å². The highest BCUT2D eigenvalue weighted by Crippen LogP contribution is 2.30. The molecule has 0 unspecified atom stereocenters. The number of aromatic nitrogens is 2. The molecule has 0 bridgehead atoms. The summed E-state index contributed by atoms with van der Waals surface area (Å²) in [4.78, 5) is 27.6. The van der Waals surface area contributed by atoms with E-state index >= 15 is 0 Å². The van der Waals surface area contributed by atoms with Crippen LogP contribution in [-0.4, -0.2) is 82.2 Å². The number of aliphatic hydroxyl groups excluding tert-OH is 1. The molecule has 9 heteroatoms. The summed E-state index contributed by atoms with van der Waals surface area (Å²) in [6.45, 7) is 8.92. The molecular weight excluding hydrogens is 452 g/mol. The topological polar surface area (TPSA) is 98.8 Å². The third-order valence-electron chi connectivity index (χ3n) is 7.31. The monoisotopic (exact) mass is 486 g/mol. The lowest BCUT2D eigenvalue weighted by atomic mass is 9.96. The number of halogens is 1. The fourth-order valence-electron chi connectivity index (χ4n) is 5.46. The van der Waals surface area contributed by atoms with Gasteiger partial charge >= 0.3 is 0 Å². The molecule has 2 atom stereocenters. The number of aryl methyl sites for hydroxylation is 1. The Hall–Kier alpha value is -2.26. The number of rotatable bonds is 7. The minimum absolute atomic E-state index is 0.0157. The maximum Gasteiger partial charge on any atom is 0.268 e. The van der Waals surface area contributed by atoms with Gasteiger partial charge in [0.2, 0.25) is 0 Å². The Kier molecular flexibility index (Phi) is 8.03. The first-order valence-electron chi connectivity index (χ1n) is 12.2. The van der Waals surface area contributed by atoms with Crippen LogP contribution < -0.4 is 10.6 Å². The first-order chi connectivity index (χ1) is 16.4. The quantitative estimate of drug-likeness (QED) is 0.620. The van der Waals surface area contributed by atoms with Gasteiger partial charge in [-0.25, -0.2) is 9.97 Å². The summed E-state index contributed by atoms with van der Waals surface area (Å²) in [7, 11) is 0. The molecule has 2 aromatic rings. The highest BCUT2D eigenvalue weighted by Gasteiger charge is 2.35. The van der Waals surface area contributed by atoms with Crippen molar-refractivity contribution in [2.24, 2.45) is 5.73 Å².